The van der Waals surface area contributed by atoms with Crippen LogP contribution < -0.4 is 5.56 Å². The zero-order valence-corrected chi connectivity index (χ0v) is 11.1. The van der Waals surface area contributed by atoms with Gasteiger partial charge in [0.25, 0.3) is 5.56 Å². The highest BCUT2D eigenvalue weighted by Gasteiger charge is 2.09. The van der Waals surface area contributed by atoms with Gasteiger partial charge in [-0.05, 0) is 12.5 Å². The average molecular weight is 272 g/mol. The number of benzene rings is 1. The molecule has 96 valence electrons. The van der Waals surface area contributed by atoms with Crippen LogP contribution >= 0.6 is 11.8 Å². The number of hydrogen-bond acceptors (Lipinski definition) is 4. The van der Waals surface area contributed by atoms with Crippen LogP contribution in [0.25, 0.3) is 5.78 Å². The van der Waals surface area contributed by atoms with E-state index in [9.17, 15) is 4.79 Å². The second-order valence-electron chi connectivity index (χ2n) is 4.18. The largest absolute Gasteiger partial charge is 0.269 e. The van der Waals surface area contributed by atoms with Crippen LogP contribution in [-0.2, 0) is 5.75 Å². The number of H-pyrrole nitrogens is 1. The Morgan fingerprint density at radius 3 is 2.89 bits per heavy atom. The molecular formula is C13H12N4OS. The normalized spacial score (nSPS) is 11.0. The summed E-state index contributed by atoms with van der Waals surface area (Å²) in [5.41, 5.74) is 1.77. The topological polar surface area (TPSA) is 63.1 Å². The highest BCUT2D eigenvalue weighted by Crippen LogP contribution is 2.19. The van der Waals surface area contributed by atoms with Crippen molar-refractivity contribution in [2.24, 2.45) is 0 Å². The molecule has 19 heavy (non-hydrogen) atoms. The predicted molar refractivity (Wildman–Crippen MR) is 74.3 cm³/mol. The maximum Gasteiger partial charge on any atom is 0.261 e. The van der Waals surface area contributed by atoms with Crippen molar-refractivity contribution < 1.29 is 0 Å². The van der Waals surface area contributed by atoms with Crippen molar-refractivity contribution in [3.8, 4) is 0 Å². The number of rotatable bonds is 3. The van der Waals surface area contributed by atoms with Gasteiger partial charge in [0.05, 0.1) is 0 Å². The predicted octanol–water partition coefficient (Wildman–Crippen LogP) is 2.02. The molecule has 0 aliphatic carbocycles. The lowest BCUT2D eigenvalue weighted by atomic mass is 10.2. The minimum atomic E-state index is -0.105. The first-order chi connectivity index (χ1) is 9.24. The third-order valence-corrected chi connectivity index (χ3v) is 3.71. The molecule has 2 heterocycles. The smallest absolute Gasteiger partial charge is 0.261 e. The fraction of sp³-hybridized carbons (Fsp3) is 0.154. The first kappa shape index (κ1) is 12.0. The van der Waals surface area contributed by atoms with Crippen molar-refractivity contribution in [3.63, 3.8) is 0 Å². The Morgan fingerprint density at radius 2 is 2.11 bits per heavy atom. The maximum absolute atomic E-state index is 11.9. The fourth-order valence-corrected chi connectivity index (χ4v) is 2.73. The van der Waals surface area contributed by atoms with Crippen LogP contribution in [0.15, 0.2) is 46.3 Å². The van der Waals surface area contributed by atoms with Gasteiger partial charge in [0.2, 0.25) is 5.78 Å². The Hall–Kier alpha value is -2.08. The first-order valence-electron chi connectivity index (χ1n) is 5.85. The van der Waals surface area contributed by atoms with Crippen LogP contribution in [0.3, 0.4) is 0 Å². The SMILES string of the molecule is Cc1cc(=O)n2c(SCc3ccccc3)n[nH]c2n1. The number of hydrogen-bond donors (Lipinski definition) is 1. The van der Waals surface area contributed by atoms with E-state index < -0.39 is 0 Å². The molecule has 0 bridgehead atoms. The molecule has 0 spiro atoms. The van der Waals surface area contributed by atoms with E-state index in [1.807, 2.05) is 30.3 Å². The lowest BCUT2D eigenvalue weighted by molar-refractivity contribution is 0.889. The molecule has 0 saturated carbocycles. The number of aromatic amines is 1. The van der Waals surface area contributed by atoms with E-state index in [0.29, 0.717) is 16.6 Å². The van der Waals surface area contributed by atoms with Crippen LogP contribution in [0, 0.1) is 6.92 Å². The van der Waals surface area contributed by atoms with Crippen LogP contribution in [0.5, 0.6) is 0 Å². The number of nitrogens with one attached hydrogen (secondary N) is 1. The quantitative estimate of drug-likeness (QED) is 0.741. The zero-order chi connectivity index (χ0) is 13.2. The van der Waals surface area contributed by atoms with E-state index in [4.69, 9.17) is 0 Å². The van der Waals surface area contributed by atoms with Crippen molar-refractivity contribution in [2.75, 3.05) is 0 Å². The van der Waals surface area contributed by atoms with E-state index in [0.717, 1.165) is 5.75 Å². The number of thioether (sulfide) groups is 1. The summed E-state index contributed by atoms with van der Waals surface area (Å²) in [6.07, 6.45) is 0. The van der Waals surface area contributed by atoms with E-state index in [-0.39, 0.29) is 5.56 Å². The van der Waals surface area contributed by atoms with Crippen molar-refractivity contribution >= 4 is 17.5 Å². The number of fused-ring (bicyclic) bond motifs is 1. The molecule has 3 aromatic rings. The molecule has 0 amide bonds. The number of aryl methyl sites for hydroxylation is 1. The van der Waals surface area contributed by atoms with Crippen LogP contribution in [-0.4, -0.2) is 19.6 Å². The van der Waals surface area contributed by atoms with Gasteiger partial charge in [-0.25, -0.2) is 14.5 Å². The van der Waals surface area contributed by atoms with E-state index >= 15 is 0 Å². The molecule has 3 rings (SSSR count). The molecule has 0 saturated heterocycles. The Morgan fingerprint density at radius 1 is 1.32 bits per heavy atom. The molecule has 0 radical (unpaired) electrons. The summed E-state index contributed by atoms with van der Waals surface area (Å²) in [5.74, 6) is 1.25. The molecule has 5 nitrogen and oxygen atoms in total. The van der Waals surface area contributed by atoms with Gasteiger partial charge >= 0.3 is 0 Å². The summed E-state index contributed by atoms with van der Waals surface area (Å²) in [5, 5.41) is 7.57. The molecule has 2 aromatic heterocycles. The first-order valence-corrected chi connectivity index (χ1v) is 6.84. The van der Waals surface area contributed by atoms with Gasteiger partial charge in [-0.3, -0.25) is 4.79 Å². The van der Waals surface area contributed by atoms with Crippen molar-refractivity contribution in [1.29, 1.82) is 0 Å². The Balaban J connectivity index is 1.92. The summed E-state index contributed by atoms with van der Waals surface area (Å²) in [6.45, 7) is 1.79. The molecule has 1 aromatic carbocycles. The van der Waals surface area contributed by atoms with Gasteiger partial charge in [-0.2, -0.15) is 0 Å². The van der Waals surface area contributed by atoms with Gasteiger partial charge < -0.3 is 0 Å². The fourth-order valence-electron chi connectivity index (χ4n) is 1.82. The van der Waals surface area contributed by atoms with Crippen molar-refractivity contribution in [1.82, 2.24) is 19.6 Å². The number of aromatic nitrogens is 4. The maximum atomic E-state index is 11.9. The Labute approximate surface area is 113 Å². The molecule has 0 fully saturated rings. The average Bonchev–Trinajstić information content (AvgIpc) is 2.81. The van der Waals surface area contributed by atoms with Gasteiger partial charge in [-0.1, -0.05) is 42.1 Å². The highest BCUT2D eigenvalue weighted by atomic mass is 32.2. The lowest BCUT2D eigenvalue weighted by Gasteiger charge is -2.00. The number of nitrogens with zero attached hydrogens (tertiary/aromatic N) is 3. The molecule has 6 heteroatoms. The van der Waals surface area contributed by atoms with Crippen LogP contribution in [0.4, 0.5) is 0 Å². The van der Waals surface area contributed by atoms with Crippen LogP contribution in [0.2, 0.25) is 0 Å². The van der Waals surface area contributed by atoms with E-state index in [2.05, 4.69) is 15.2 Å². The molecule has 0 aliphatic rings. The minimum absolute atomic E-state index is 0.105. The molecule has 0 aliphatic heterocycles. The Kier molecular flexibility index (Phi) is 3.08. The summed E-state index contributed by atoms with van der Waals surface area (Å²) < 4.78 is 1.50. The van der Waals surface area contributed by atoms with Crippen LogP contribution in [0.1, 0.15) is 11.3 Å². The Bertz CT molecular complexity index is 763. The second kappa shape index (κ2) is 4.89. The lowest BCUT2D eigenvalue weighted by Crippen LogP contribution is -2.14. The van der Waals surface area contributed by atoms with Gasteiger partial charge in [0, 0.05) is 17.5 Å². The van der Waals surface area contributed by atoms with Crippen molar-refractivity contribution in [2.45, 2.75) is 17.8 Å². The summed E-state index contributed by atoms with van der Waals surface area (Å²) in [7, 11) is 0. The van der Waals surface area contributed by atoms with Gasteiger partial charge in [-0.15, -0.1) is 5.10 Å². The molecular weight excluding hydrogens is 260 g/mol. The summed E-state index contributed by atoms with van der Waals surface area (Å²) in [6, 6.07) is 11.6. The van der Waals surface area contributed by atoms with Gasteiger partial charge in [0.1, 0.15) is 0 Å². The third-order valence-electron chi connectivity index (χ3n) is 2.70. The summed E-state index contributed by atoms with van der Waals surface area (Å²) in [4.78, 5) is 16.2. The highest BCUT2D eigenvalue weighted by molar-refractivity contribution is 7.98. The minimum Gasteiger partial charge on any atom is -0.269 e. The monoisotopic (exact) mass is 272 g/mol. The molecule has 0 atom stereocenters. The zero-order valence-electron chi connectivity index (χ0n) is 10.3. The standard InChI is InChI=1S/C13H12N4OS/c1-9-7-11(18)17-12(14-9)15-16-13(17)19-8-10-5-3-2-4-6-10/h2-7H,8H2,1H3,(H,14,15). The molecule has 1 N–H and O–H groups in total. The summed E-state index contributed by atoms with van der Waals surface area (Å²) >= 11 is 1.51. The van der Waals surface area contributed by atoms with Crippen molar-refractivity contribution in [3.05, 3.63) is 58.0 Å². The van der Waals surface area contributed by atoms with E-state index in [1.54, 1.807) is 6.92 Å². The van der Waals surface area contributed by atoms with E-state index in [1.165, 1.54) is 27.8 Å². The molecule has 0 unspecified atom stereocenters. The van der Waals surface area contributed by atoms with Gasteiger partial charge in [0.15, 0.2) is 5.16 Å². The second-order valence-corrected chi connectivity index (χ2v) is 5.12. The third kappa shape index (κ3) is 2.39.